The van der Waals surface area contributed by atoms with Gasteiger partial charge in [0.25, 0.3) is 0 Å². The first-order valence-corrected chi connectivity index (χ1v) is 6.78. The molecule has 0 unspecified atom stereocenters. The number of hydrogen-bond donors (Lipinski definition) is 0. The van der Waals surface area contributed by atoms with Crippen LogP contribution in [0.1, 0.15) is 52.2 Å². The molecule has 0 N–H and O–H groups in total. The SMILES string of the molecule is CC(C)(C)c1ccc2sc(C(C)(C)C)nc2n1. The molecule has 2 rings (SSSR count). The molecule has 0 atom stereocenters. The molecule has 0 spiro atoms. The fraction of sp³-hybridized carbons (Fsp3) is 0.571. The monoisotopic (exact) mass is 248 g/mol. The van der Waals surface area contributed by atoms with Crippen molar-refractivity contribution in [3.05, 3.63) is 22.8 Å². The summed E-state index contributed by atoms with van der Waals surface area (Å²) in [6, 6.07) is 4.27. The summed E-state index contributed by atoms with van der Waals surface area (Å²) in [6.07, 6.45) is 0. The summed E-state index contributed by atoms with van der Waals surface area (Å²) in [7, 11) is 0. The summed E-state index contributed by atoms with van der Waals surface area (Å²) in [6.45, 7) is 13.1. The highest BCUT2D eigenvalue weighted by atomic mass is 32.1. The lowest BCUT2D eigenvalue weighted by atomic mass is 9.92. The van der Waals surface area contributed by atoms with Gasteiger partial charge in [-0.05, 0) is 12.1 Å². The highest BCUT2D eigenvalue weighted by Gasteiger charge is 2.21. The van der Waals surface area contributed by atoms with Crippen LogP contribution in [0.25, 0.3) is 10.3 Å². The van der Waals surface area contributed by atoms with E-state index in [4.69, 9.17) is 0 Å². The first kappa shape index (κ1) is 12.5. The molecule has 2 aromatic rings. The molecule has 0 bridgehead atoms. The molecule has 0 saturated heterocycles. The summed E-state index contributed by atoms with van der Waals surface area (Å²) in [5.41, 5.74) is 2.19. The normalized spacial score (nSPS) is 13.3. The fourth-order valence-corrected chi connectivity index (χ4v) is 2.52. The van der Waals surface area contributed by atoms with Crippen LogP contribution in [0.5, 0.6) is 0 Å². The second kappa shape index (κ2) is 3.77. The molecular weight excluding hydrogens is 228 g/mol. The van der Waals surface area contributed by atoms with E-state index in [0.717, 1.165) is 16.3 Å². The summed E-state index contributed by atoms with van der Waals surface area (Å²) in [4.78, 5) is 9.35. The zero-order valence-electron chi connectivity index (χ0n) is 11.5. The molecule has 0 aliphatic carbocycles. The van der Waals surface area contributed by atoms with Gasteiger partial charge >= 0.3 is 0 Å². The minimum absolute atomic E-state index is 0.0830. The Morgan fingerprint density at radius 3 is 2.06 bits per heavy atom. The van der Waals surface area contributed by atoms with E-state index in [1.54, 1.807) is 11.3 Å². The lowest BCUT2D eigenvalue weighted by Gasteiger charge is -2.16. The first-order valence-electron chi connectivity index (χ1n) is 5.96. The van der Waals surface area contributed by atoms with E-state index in [1.165, 1.54) is 4.70 Å². The van der Waals surface area contributed by atoms with Gasteiger partial charge in [0.15, 0.2) is 5.65 Å². The molecule has 0 amide bonds. The molecule has 0 radical (unpaired) electrons. The molecule has 92 valence electrons. The van der Waals surface area contributed by atoms with Gasteiger partial charge in [-0.1, -0.05) is 41.5 Å². The molecule has 2 heterocycles. The van der Waals surface area contributed by atoms with Crippen molar-refractivity contribution in [1.29, 1.82) is 0 Å². The van der Waals surface area contributed by atoms with Gasteiger partial charge in [-0.3, -0.25) is 0 Å². The van der Waals surface area contributed by atoms with Crippen LogP contribution < -0.4 is 0 Å². The van der Waals surface area contributed by atoms with Crippen molar-refractivity contribution < 1.29 is 0 Å². The summed E-state index contributed by atoms with van der Waals surface area (Å²) >= 11 is 1.75. The van der Waals surface area contributed by atoms with Gasteiger partial charge in [-0.15, -0.1) is 11.3 Å². The maximum atomic E-state index is 4.68. The second-order valence-corrected chi connectivity index (χ2v) is 7.57. The van der Waals surface area contributed by atoms with Gasteiger partial charge in [0.1, 0.15) is 5.01 Å². The highest BCUT2D eigenvalue weighted by molar-refractivity contribution is 7.18. The van der Waals surface area contributed by atoms with Gasteiger partial charge in [0.05, 0.1) is 4.70 Å². The zero-order valence-corrected chi connectivity index (χ0v) is 12.3. The third-order valence-electron chi connectivity index (χ3n) is 2.66. The maximum absolute atomic E-state index is 4.68. The van der Waals surface area contributed by atoms with Crippen LogP contribution >= 0.6 is 11.3 Å². The molecule has 2 aromatic heterocycles. The predicted molar refractivity (Wildman–Crippen MR) is 74.8 cm³/mol. The van der Waals surface area contributed by atoms with E-state index < -0.39 is 0 Å². The molecule has 0 aromatic carbocycles. The maximum Gasteiger partial charge on any atom is 0.170 e. The fourth-order valence-electron chi connectivity index (χ4n) is 1.56. The molecule has 0 fully saturated rings. The minimum Gasteiger partial charge on any atom is -0.232 e. The van der Waals surface area contributed by atoms with Gasteiger partial charge in [-0.25, -0.2) is 9.97 Å². The Balaban J connectivity index is 2.56. The van der Waals surface area contributed by atoms with Crippen molar-refractivity contribution in [2.75, 3.05) is 0 Å². The van der Waals surface area contributed by atoms with Gasteiger partial charge < -0.3 is 0 Å². The Labute approximate surface area is 107 Å². The summed E-state index contributed by atoms with van der Waals surface area (Å²) in [5, 5.41) is 1.16. The Kier molecular flexibility index (Phi) is 2.77. The number of pyridine rings is 1. The smallest absolute Gasteiger partial charge is 0.170 e. The average molecular weight is 248 g/mol. The number of rotatable bonds is 0. The van der Waals surface area contributed by atoms with E-state index in [0.29, 0.717) is 0 Å². The van der Waals surface area contributed by atoms with E-state index in [9.17, 15) is 0 Å². The topological polar surface area (TPSA) is 25.8 Å². The molecule has 0 aliphatic rings. The van der Waals surface area contributed by atoms with E-state index in [2.05, 4.69) is 63.6 Å². The van der Waals surface area contributed by atoms with Crippen molar-refractivity contribution in [3.63, 3.8) is 0 Å². The van der Waals surface area contributed by atoms with Crippen LogP contribution in [0.15, 0.2) is 12.1 Å². The lowest BCUT2D eigenvalue weighted by molar-refractivity contribution is 0.570. The van der Waals surface area contributed by atoms with Crippen LogP contribution in [-0.2, 0) is 10.8 Å². The van der Waals surface area contributed by atoms with Gasteiger partial charge in [0.2, 0.25) is 0 Å². The number of hydrogen-bond acceptors (Lipinski definition) is 3. The van der Waals surface area contributed by atoms with Crippen LogP contribution in [0, 0.1) is 0 Å². The Morgan fingerprint density at radius 1 is 0.882 bits per heavy atom. The van der Waals surface area contributed by atoms with E-state index >= 15 is 0 Å². The number of nitrogens with zero attached hydrogens (tertiary/aromatic N) is 2. The molecule has 2 nitrogen and oxygen atoms in total. The second-order valence-electron chi connectivity index (χ2n) is 6.54. The summed E-state index contributed by atoms with van der Waals surface area (Å²) < 4.78 is 1.18. The Hall–Kier alpha value is -0.960. The Morgan fingerprint density at radius 2 is 1.53 bits per heavy atom. The van der Waals surface area contributed by atoms with Crippen molar-refractivity contribution in [3.8, 4) is 0 Å². The molecule has 3 heteroatoms. The van der Waals surface area contributed by atoms with Crippen molar-refractivity contribution in [2.24, 2.45) is 0 Å². The highest BCUT2D eigenvalue weighted by Crippen LogP contribution is 2.31. The van der Waals surface area contributed by atoms with Crippen molar-refractivity contribution in [1.82, 2.24) is 9.97 Å². The number of aromatic nitrogens is 2. The van der Waals surface area contributed by atoms with Gasteiger partial charge in [0, 0.05) is 16.5 Å². The molecule has 17 heavy (non-hydrogen) atoms. The van der Waals surface area contributed by atoms with Crippen LogP contribution in [-0.4, -0.2) is 9.97 Å². The number of fused-ring (bicyclic) bond motifs is 1. The van der Waals surface area contributed by atoms with Crippen molar-refractivity contribution in [2.45, 2.75) is 52.4 Å². The van der Waals surface area contributed by atoms with Crippen LogP contribution in [0.4, 0.5) is 0 Å². The van der Waals surface area contributed by atoms with Gasteiger partial charge in [-0.2, -0.15) is 0 Å². The Bertz CT molecular complexity index is 529. The molecular formula is C14H20N2S. The minimum atomic E-state index is 0.0830. The quantitative estimate of drug-likeness (QED) is 0.695. The van der Waals surface area contributed by atoms with Crippen LogP contribution in [0.2, 0.25) is 0 Å². The predicted octanol–water partition coefficient (Wildman–Crippen LogP) is 4.29. The summed E-state index contributed by atoms with van der Waals surface area (Å²) in [5.74, 6) is 0. The molecule has 0 aliphatic heterocycles. The lowest BCUT2D eigenvalue weighted by Crippen LogP contribution is -2.13. The first-order chi connectivity index (χ1) is 7.68. The van der Waals surface area contributed by atoms with Crippen LogP contribution in [0.3, 0.4) is 0 Å². The zero-order chi connectivity index (χ0) is 12.8. The van der Waals surface area contributed by atoms with E-state index in [1.807, 2.05) is 0 Å². The standard InChI is InChI=1S/C14H20N2S/c1-13(2,3)10-8-7-9-11(15-10)16-12(17-9)14(4,5)6/h7-8H,1-6H3. The van der Waals surface area contributed by atoms with E-state index in [-0.39, 0.29) is 10.8 Å². The largest absolute Gasteiger partial charge is 0.232 e. The third kappa shape index (κ3) is 2.49. The van der Waals surface area contributed by atoms with Crippen molar-refractivity contribution >= 4 is 21.7 Å². The number of thiazole rings is 1. The molecule has 0 saturated carbocycles. The average Bonchev–Trinajstić information content (AvgIpc) is 2.57. The third-order valence-corrected chi connectivity index (χ3v) is 4.10.